The first-order chi connectivity index (χ1) is 8.08. The van der Waals surface area contributed by atoms with Gasteiger partial charge in [0, 0.05) is 5.56 Å². The Morgan fingerprint density at radius 2 is 1.71 bits per heavy atom. The van der Waals surface area contributed by atoms with E-state index in [1.165, 1.54) is 17.7 Å². The molecule has 0 aliphatic rings. The highest BCUT2D eigenvalue weighted by Gasteiger charge is 2.07. The molecule has 2 heteroatoms. The van der Waals surface area contributed by atoms with Gasteiger partial charge in [-0.2, -0.15) is 0 Å². The summed E-state index contributed by atoms with van der Waals surface area (Å²) >= 11 is 0. The standard InChI is InChI=1S/C15H16O2/c1-10(2)11-4-3-5-12(8-11)14-9-13(16)6-7-15(14)17/h3-10,16-17H,1-2H3. The van der Waals surface area contributed by atoms with Crippen molar-refractivity contribution in [2.24, 2.45) is 0 Å². The van der Waals surface area contributed by atoms with E-state index in [4.69, 9.17) is 0 Å². The third-order valence-electron chi connectivity index (χ3n) is 2.84. The zero-order valence-corrected chi connectivity index (χ0v) is 10.0. The summed E-state index contributed by atoms with van der Waals surface area (Å²) < 4.78 is 0. The van der Waals surface area contributed by atoms with Crippen LogP contribution in [-0.2, 0) is 0 Å². The van der Waals surface area contributed by atoms with Gasteiger partial charge in [0.25, 0.3) is 0 Å². The molecular weight excluding hydrogens is 212 g/mol. The van der Waals surface area contributed by atoms with Gasteiger partial charge in [0.05, 0.1) is 0 Å². The van der Waals surface area contributed by atoms with Crippen LogP contribution in [0, 0.1) is 0 Å². The molecule has 0 radical (unpaired) electrons. The van der Waals surface area contributed by atoms with E-state index in [0.717, 1.165) is 5.56 Å². The summed E-state index contributed by atoms with van der Waals surface area (Å²) in [7, 11) is 0. The van der Waals surface area contributed by atoms with Crippen molar-refractivity contribution in [1.29, 1.82) is 0 Å². The van der Waals surface area contributed by atoms with Crippen LogP contribution in [-0.4, -0.2) is 10.2 Å². The summed E-state index contributed by atoms with van der Waals surface area (Å²) in [5, 5.41) is 19.3. The number of aromatic hydroxyl groups is 2. The van der Waals surface area contributed by atoms with E-state index in [9.17, 15) is 10.2 Å². The molecule has 0 unspecified atom stereocenters. The fourth-order valence-electron chi connectivity index (χ4n) is 1.82. The van der Waals surface area contributed by atoms with Gasteiger partial charge in [-0.05, 0) is 35.2 Å². The smallest absolute Gasteiger partial charge is 0.123 e. The lowest BCUT2D eigenvalue weighted by Gasteiger charge is -2.09. The molecule has 0 saturated carbocycles. The molecule has 0 heterocycles. The van der Waals surface area contributed by atoms with Gasteiger partial charge in [0.15, 0.2) is 0 Å². The van der Waals surface area contributed by atoms with Crippen molar-refractivity contribution in [2.45, 2.75) is 19.8 Å². The molecule has 0 spiro atoms. The Labute approximate surface area is 101 Å². The third-order valence-corrected chi connectivity index (χ3v) is 2.84. The summed E-state index contributed by atoms with van der Waals surface area (Å²) in [6.45, 7) is 4.25. The quantitative estimate of drug-likeness (QED) is 0.765. The molecule has 2 aromatic rings. The van der Waals surface area contributed by atoms with Crippen molar-refractivity contribution in [3.05, 3.63) is 48.0 Å². The number of benzene rings is 2. The fourth-order valence-corrected chi connectivity index (χ4v) is 1.82. The molecule has 0 fully saturated rings. The highest BCUT2D eigenvalue weighted by molar-refractivity contribution is 5.72. The maximum Gasteiger partial charge on any atom is 0.123 e. The maximum absolute atomic E-state index is 9.81. The van der Waals surface area contributed by atoms with Gasteiger partial charge in [-0.15, -0.1) is 0 Å². The SMILES string of the molecule is CC(C)c1cccc(-c2cc(O)ccc2O)c1. The minimum atomic E-state index is 0.160. The first-order valence-corrected chi connectivity index (χ1v) is 5.70. The van der Waals surface area contributed by atoms with Crippen molar-refractivity contribution in [3.8, 4) is 22.6 Å². The second-order valence-corrected chi connectivity index (χ2v) is 4.48. The van der Waals surface area contributed by atoms with Crippen LogP contribution in [0.2, 0.25) is 0 Å². The van der Waals surface area contributed by atoms with E-state index in [2.05, 4.69) is 19.9 Å². The minimum Gasteiger partial charge on any atom is -0.508 e. The van der Waals surface area contributed by atoms with Crippen molar-refractivity contribution in [3.63, 3.8) is 0 Å². The summed E-state index contributed by atoms with van der Waals surface area (Å²) in [4.78, 5) is 0. The van der Waals surface area contributed by atoms with Crippen molar-refractivity contribution >= 4 is 0 Å². The predicted octanol–water partition coefficient (Wildman–Crippen LogP) is 3.89. The third kappa shape index (κ3) is 2.41. The summed E-state index contributed by atoms with van der Waals surface area (Å²) in [5.74, 6) is 0.783. The van der Waals surface area contributed by atoms with Gasteiger partial charge in [-0.25, -0.2) is 0 Å². The second-order valence-electron chi connectivity index (χ2n) is 4.48. The highest BCUT2D eigenvalue weighted by atomic mass is 16.3. The lowest BCUT2D eigenvalue weighted by atomic mass is 9.97. The summed E-state index contributed by atoms with van der Waals surface area (Å²) in [5.41, 5.74) is 2.79. The Balaban J connectivity index is 2.52. The molecule has 0 amide bonds. The molecule has 0 aliphatic heterocycles. The number of rotatable bonds is 2. The Kier molecular flexibility index (Phi) is 3.05. The lowest BCUT2D eigenvalue weighted by Crippen LogP contribution is -1.88. The van der Waals surface area contributed by atoms with Crippen LogP contribution >= 0.6 is 0 Å². The molecule has 2 aromatic carbocycles. The van der Waals surface area contributed by atoms with E-state index in [1.54, 1.807) is 6.07 Å². The Bertz CT molecular complexity index is 530. The zero-order chi connectivity index (χ0) is 12.4. The van der Waals surface area contributed by atoms with Crippen LogP contribution in [0.15, 0.2) is 42.5 Å². The molecule has 17 heavy (non-hydrogen) atoms. The Morgan fingerprint density at radius 1 is 0.941 bits per heavy atom. The van der Waals surface area contributed by atoms with E-state index < -0.39 is 0 Å². The van der Waals surface area contributed by atoms with Crippen molar-refractivity contribution in [2.75, 3.05) is 0 Å². The maximum atomic E-state index is 9.81. The van der Waals surface area contributed by atoms with E-state index in [-0.39, 0.29) is 11.5 Å². The lowest BCUT2D eigenvalue weighted by molar-refractivity contribution is 0.462. The first kappa shape index (κ1) is 11.5. The first-order valence-electron chi connectivity index (χ1n) is 5.70. The van der Waals surface area contributed by atoms with Crippen LogP contribution in [0.4, 0.5) is 0 Å². The van der Waals surface area contributed by atoms with Gasteiger partial charge < -0.3 is 10.2 Å². The molecular formula is C15H16O2. The summed E-state index contributed by atoms with van der Waals surface area (Å²) in [6.07, 6.45) is 0. The minimum absolute atomic E-state index is 0.160. The number of phenols is 2. The van der Waals surface area contributed by atoms with Gasteiger partial charge in [-0.3, -0.25) is 0 Å². The van der Waals surface area contributed by atoms with Crippen molar-refractivity contribution in [1.82, 2.24) is 0 Å². The summed E-state index contributed by atoms with van der Waals surface area (Å²) in [6, 6.07) is 12.6. The van der Waals surface area contributed by atoms with Crippen LogP contribution in [0.5, 0.6) is 11.5 Å². The molecule has 2 N–H and O–H groups in total. The monoisotopic (exact) mass is 228 g/mol. The van der Waals surface area contributed by atoms with Crippen LogP contribution < -0.4 is 0 Å². The van der Waals surface area contributed by atoms with Gasteiger partial charge >= 0.3 is 0 Å². The molecule has 0 saturated heterocycles. The zero-order valence-electron chi connectivity index (χ0n) is 10.0. The molecule has 2 nitrogen and oxygen atoms in total. The second kappa shape index (κ2) is 4.50. The number of phenolic OH excluding ortho intramolecular Hbond substituents is 2. The average molecular weight is 228 g/mol. The number of hydrogen-bond acceptors (Lipinski definition) is 2. The van der Waals surface area contributed by atoms with Gasteiger partial charge in [0.2, 0.25) is 0 Å². The average Bonchev–Trinajstić information content (AvgIpc) is 2.32. The van der Waals surface area contributed by atoms with Crippen LogP contribution in [0.3, 0.4) is 0 Å². The van der Waals surface area contributed by atoms with Crippen LogP contribution in [0.25, 0.3) is 11.1 Å². The molecule has 0 aliphatic carbocycles. The van der Waals surface area contributed by atoms with E-state index in [0.29, 0.717) is 11.5 Å². The highest BCUT2D eigenvalue weighted by Crippen LogP contribution is 2.33. The molecule has 0 aromatic heterocycles. The van der Waals surface area contributed by atoms with Crippen LogP contribution in [0.1, 0.15) is 25.3 Å². The molecule has 0 atom stereocenters. The molecule has 2 rings (SSSR count). The topological polar surface area (TPSA) is 40.5 Å². The Morgan fingerprint density at radius 3 is 2.41 bits per heavy atom. The van der Waals surface area contributed by atoms with Crippen molar-refractivity contribution < 1.29 is 10.2 Å². The fraction of sp³-hybridized carbons (Fsp3) is 0.200. The van der Waals surface area contributed by atoms with E-state index >= 15 is 0 Å². The largest absolute Gasteiger partial charge is 0.508 e. The van der Waals surface area contributed by atoms with E-state index in [1.807, 2.05) is 18.2 Å². The normalized spacial score (nSPS) is 10.8. The predicted molar refractivity (Wildman–Crippen MR) is 69.3 cm³/mol. The molecule has 0 bridgehead atoms. The van der Waals surface area contributed by atoms with Gasteiger partial charge in [0.1, 0.15) is 11.5 Å². The number of hydrogen-bond donors (Lipinski definition) is 2. The molecule has 88 valence electrons. The Hall–Kier alpha value is -1.96. The van der Waals surface area contributed by atoms with Gasteiger partial charge in [-0.1, -0.05) is 38.1 Å².